The summed E-state index contributed by atoms with van der Waals surface area (Å²) in [7, 11) is 0. The Morgan fingerprint density at radius 2 is 2.25 bits per heavy atom. The Kier molecular flexibility index (Phi) is 4.20. The van der Waals surface area contributed by atoms with Crippen molar-refractivity contribution in [3.8, 4) is 0 Å². The lowest BCUT2D eigenvalue weighted by atomic mass is 10.1. The molecule has 128 valence electrons. The van der Waals surface area contributed by atoms with Gasteiger partial charge >= 0.3 is 0 Å². The van der Waals surface area contributed by atoms with Gasteiger partial charge in [0.1, 0.15) is 11.6 Å². The molecule has 0 amide bonds. The molecule has 0 spiro atoms. The van der Waals surface area contributed by atoms with Gasteiger partial charge in [0, 0.05) is 25.0 Å². The van der Waals surface area contributed by atoms with E-state index in [1.165, 1.54) is 19.1 Å². The van der Waals surface area contributed by atoms with Gasteiger partial charge in [-0.15, -0.1) is 10.2 Å². The van der Waals surface area contributed by atoms with Crippen LogP contribution < -0.4 is 0 Å². The highest BCUT2D eigenvalue weighted by molar-refractivity contribution is 5.93. The van der Waals surface area contributed by atoms with Gasteiger partial charge in [-0.05, 0) is 31.9 Å². The van der Waals surface area contributed by atoms with Crippen LogP contribution >= 0.6 is 0 Å². The van der Waals surface area contributed by atoms with Gasteiger partial charge in [-0.3, -0.25) is 9.69 Å². The number of carbonyl (C=O) groups is 1. The summed E-state index contributed by atoms with van der Waals surface area (Å²) in [6.45, 7) is 4.75. The third kappa shape index (κ3) is 3.14. The molecule has 1 atom stereocenters. The van der Waals surface area contributed by atoms with E-state index >= 15 is 0 Å². The first-order valence-corrected chi connectivity index (χ1v) is 8.51. The van der Waals surface area contributed by atoms with Crippen LogP contribution in [0.15, 0.2) is 22.8 Å². The van der Waals surface area contributed by atoms with Crippen molar-refractivity contribution < 1.29 is 13.9 Å². The summed E-state index contributed by atoms with van der Waals surface area (Å²) in [5, 5.41) is 8.60. The Labute approximate surface area is 140 Å². The van der Waals surface area contributed by atoms with Crippen molar-refractivity contribution >= 4 is 5.78 Å². The maximum atomic E-state index is 12.4. The molecule has 0 radical (unpaired) electrons. The molecule has 7 nitrogen and oxygen atoms in total. The zero-order valence-electron chi connectivity index (χ0n) is 13.9. The van der Waals surface area contributed by atoms with Crippen LogP contribution in [0.1, 0.15) is 47.5 Å². The van der Waals surface area contributed by atoms with E-state index in [-0.39, 0.29) is 11.8 Å². The molecule has 0 N–H and O–H groups in total. The summed E-state index contributed by atoms with van der Waals surface area (Å²) >= 11 is 0. The normalized spacial score (nSPS) is 22.0. The maximum absolute atomic E-state index is 12.4. The summed E-state index contributed by atoms with van der Waals surface area (Å²) < 4.78 is 13.1. The highest BCUT2D eigenvalue weighted by atomic mass is 16.5. The SMILES string of the molecule is Cc1nnc(CN2CCOC[C@H]2CC(=O)c2ccco2)n1C1CC1. The first-order valence-electron chi connectivity index (χ1n) is 8.51. The van der Waals surface area contributed by atoms with Crippen molar-refractivity contribution in [1.29, 1.82) is 0 Å². The smallest absolute Gasteiger partial charge is 0.199 e. The van der Waals surface area contributed by atoms with Crippen LogP contribution in [0, 0.1) is 6.92 Å². The van der Waals surface area contributed by atoms with Crippen molar-refractivity contribution in [2.24, 2.45) is 0 Å². The Hall–Kier alpha value is -1.99. The van der Waals surface area contributed by atoms with Gasteiger partial charge in [0.25, 0.3) is 0 Å². The van der Waals surface area contributed by atoms with Crippen LogP contribution in [0.3, 0.4) is 0 Å². The molecule has 3 heterocycles. The van der Waals surface area contributed by atoms with Crippen LogP contribution in [-0.4, -0.2) is 51.2 Å². The second kappa shape index (κ2) is 6.49. The molecule has 1 saturated carbocycles. The first-order chi connectivity index (χ1) is 11.7. The summed E-state index contributed by atoms with van der Waals surface area (Å²) in [6, 6.07) is 4.05. The zero-order chi connectivity index (χ0) is 16.5. The van der Waals surface area contributed by atoms with Gasteiger partial charge < -0.3 is 13.7 Å². The van der Waals surface area contributed by atoms with E-state index in [1.807, 2.05) is 6.92 Å². The number of hydrogen-bond donors (Lipinski definition) is 0. The number of carbonyl (C=O) groups excluding carboxylic acids is 1. The third-order valence-electron chi connectivity index (χ3n) is 4.76. The molecule has 1 aliphatic carbocycles. The second-order valence-corrected chi connectivity index (χ2v) is 6.57. The van der Waals surface area contributed by atoms with Crippen molar-refractivity contribution in [2.45, 2.75) is 44.8 Å². The lowest BCUT2D eigenvalue weighted by Gasteiger charge is -2.34. The van der Waals surface area contributed by atoms with E-state index in [2.05, 4.69) is 19.7 Å². The topological polar surface area (TPSA) is 73.4 Å². The van der Waals surface area contributed by atoms with Gasteiger partial charge in [0.05, 0.1) is 26.0 Å². The van der Waals surface area contributed by atoms with E-state index in [0.29, 0.717) is 38.0 Å². The fourth-order valence-electron chi connectivity index (χ4n) is 3.35. The molecular formula is C17H22N4O3. The molecule has 7 heteroatoms. The fourth-order valence-corrected chi connectivity index (χ4v) is 3.35. The number of nitrogens with zero attached hydrogens (tertiary/aromatic N) is 4. The Bertz CT molecular complexity index is 705. The molecule has 0 unspecified atom stereocenters. The summed E-state index contributed by atoms with van der Waals surface area (Å²) in [4.78, 5) is 14.6. The lowest BCUT2D eigenvalue weighted by molar-refractivity contribution is -0.0143. The minimum atomic E-state index is 0.0142. The van der Waals surface area contributed by atoms with E-state index < -0.39 is 0 Å². The number of ether oxygens (including phenoxy) is 1. The number of rotatable bonds is 6. The van der Waals surface area contributed by atoms with Gasteiger partial charge in [-0.25, -0.2) is 0 Å². The molecule has 24 heavy (non-hydrogen) atoms. The zero-order valence-corrected chi connectivity index (χ0v) is 13.9. The van der Waals surface area contributed by atoms with Crippen LogP contribution in [-0.2, 0) is 11.3 Å². The summed E-state index contributed by atoms with van der Waals surface area (Å²) in [6.07, 6.45) is 4.33. The minimum absolute atomic E-state index is 0.0142. The largest absolute Gasteiger partial charge is 0.461 e. The summed E-state index contributed by atoms with van der Waals surface area (Å²) in [5.41, 5.74) is 0. The van der Waals surface area contributed by atoms with Crippen LogP contribution in [0.2, 0.25) is 0 Å². The molecule has 2 aliphatic rings. The Morgan fingerprint density at radius 1 is 1.38 bits per heavy atom. The number of furan rings is 1. The van der Waals surface area contributed by atoms with E-state index in [4.69, 9.17) is 9.15 Å². The number of hydrogen-bond acceptors (Lipinski definition) is 6. The van der Waals surface area contributed by atoms with Gasteiger partial charge in [0.2, 0.25) is 0 Å². The van der Waals surface area contributed by atoms with Crippen LogP contribution in [0.25, 0.3) is 0 Å². The predicted molar refractivity (Wildman–Crippen MR) is 85.7 cm³/mol. The molecule has 0 bridgehead atoms. The van der Waals surface area contributed by atoms with Crippen LogP contribution in [0.5, 0.6) is 0 Å². The Balaban J connectivity index is 1.47. The second-order valence-electron chi connectivity index (χ2n) is 6.57. The van der Waals surface area contributed by atoms with Gasteiger partial charge in [-0.2, -0.15) is 0 Å². The number of morpholine rings is 1. The van der Waals surface area contributed by atoms with Crippen molar-refractivity contribution in [3.63, 3.8) is 0 Å². The average Bonchev–Trinajstić information content (AvgIpc) is 3.12. The number of ketones is 1. The van der Waals surface area contributed by atoms with Gasteiger partial charge in [-0.1, -0.05) is 0 Å². The molecule has 0 aromatic carbocycles. The van der Waals surface area contributed by atoms with E-state index in [9.17, 15) is 4.79 Å². The van der Waals surface area contributed by atoms with Gasteiger partial charge in [0.15, 0.2) is 11.5 Å². The predicted octanol–water partition coefficient (Wildman–Crippen LogP) is 1.99. The van der Waals surface area contributed by atoms with Crippen molar-refractivity contribution in [1.82, 2.24) is 19.7 Å². The van der Waals surface area contributed by atoms with Crippen molar-refractivity contribution in [3.05, 3.63) is 35.8 Å². The maximum Gasteiger partial charge on any atom is 0.199 e. The standard InChI is InChI=1S/C17H22N4O3/c1-12-18-19-17(21(12)13-4-5-13)10-20-6-8-23-11-14(20)9-15(22)16-3-2-7-24-16/h2-3,7,13-14H,4-6,8-11H2,1H3/t14-/m1/s1. The Morgan fingerprint density at radius 3 is 3.00 bits per heavy atom. The van der Waals surface area contributed by atoms with E-state index in [1.54, 1.807) is 12.1 Å². The highest BCUT2D eigenvalue weighted by Crippen LogP contribution is 2.36. The van der Waals surface area contributed by atoms with E-state index in [0.717, 1.165) is 18.2 Å². The van der Waals surface area contributed by atoms with Crippen molar-refractivity contribution in [2.75, 3.05) is 19.8 Å². The average molecular weight is 330 g/mol. The molecule has 2 aromatic heterocycles. The molecule has 1 saturated heterocycles. The lowest BCUT2D eigenvalue weighted by Crippen LogP contribution is -2.46. The minimum Gasteiger partial charge on any atom is -0.461 e. The fraction of sp³-hybridized carbons (Fsp3) is 0.588. The number of Topliss-reactive ketones (excluding diaryl/α,β-unsaturated/α-hetero) is 1. The molecule has 2 fully saturated rings. The quantitative estimate of drug-likeness (QED) is 0.754. The number of aryl methyl sites for hydroxylation is 1. The third-order valence-corrected chi connectivity index (χ3v) is 4.76. The molecule has 4 rings (SSSR count). The summed E-state index contributed by atoms with van der Waals surface area (Å²) in [5.74, 6) is 2.40. The number of aromatic nitrogens is 3. The molecule has 1 aliphatic heterocycles. The molecule has 2 aromatic rings. The molecular weight excluding hydrogens is 308 g/mol. The first kappa shape index (κ1) is 15.5. The van der Waals surface area contributed by atoms with Crippen LogP contribution in [0.4, 0.5) is 0 Å². The highest BCUT2D eigenvalue weighted by Gasteiger charge is 2.31. The monoisotopic (exact) mass is 330 g/mol.